The second kappa shape index (κ2) is 11.6. The number of phosphoric ester groups is 1. The van der Waals surface area contributed by atoms with Gasteiger partial charge in [-0.15, -0.1) is 0 Å². The van der Waals surface area contributed by atoms with Crippen LogP contribution in [-0.2, 0) is 20.4 Å². The molecule has 13 heteroatoms. The molecule has 0 unspecified atom stereocenters. The lowest BCUT2D eigenvalue weighted by molar-refractivity contribution is -0.116. The zero-order chi connectivity index (χ0) is 23.9. The van der Waals surface area contributed by atoms with E-state index in [0.717, 1.165) is 11.8 Å². The fourth-order valence-electron chi connectivity index (χ4n) is 2.53. The predicted octanol–water partition coefficient (Wildman–Crippen LogP) is 3.28. The van der Waals surface area contributed by atoms with Crippen LogP contribution in [0.5, 0.6) is 0 Å². The number of aryl methyl sites for hydroxylation is 1. The molecule has 0 aliphatic carbocycles. The van der Waals surface area contributed by atoms with E-state index in [9.17, 15) is 14.2 Å². The Bertz CT molecular complexity index is 1060. The lowest BCUT2D eigenvalue weighted by Crippen LogP contribution is -2.22. The normalized spacial score (nSPS) is 12.3. The number of nitrogens with zero attached hydrogens (tertiary/aromatic N) is 3. The summed E-state index contributed by atoms with van der Waals surface area (Å²) in [6, 6.07) is 6.25. The predicted molar refractivity (Wildman–Crippen MR) is 121 cm³/mol. The highest BCUT2D eigenvalue weighted by Crippen LogP contribution is 2.37. The van der Waals surface area contributed by atoms with Gasteiger partial charge in [-0.3, -0.25) is 14.1 Å². The molecule has 2 aromatic rings. The van der Waals surface area contributed by atoms with E-state index in [2.05, 4.69) is 14.5 Å². The Morgan fingerprint density at radius 3 is 2.56 bits per heavy atom. The molecule has 0 saturated carbocycles. The van der Waals surface area contributed by atoms with Crippen molar-refractivity contribution >= 4 is 48.5 Å². The minimum atomic E-state index is -4.69. The second-order valence-electron chi connectivity index (χ2n) is 6.54. The minimum absolute atomic E-state index is 0.0227. The number of carbonyl (C=O) groups is 2. The van der Waals surface area contributed by atoms with Crippen LogP contribution in [0, 0.1) is 6.92 Å². The topological polar surface area (TPSA) is 156 Å². The average molecular weight is 501 g/mol. The van der Waals surface area contributed by atoms with Crippen molar-refractivity contribution in [1.29, 1.82) is 0 Å². The Kier molecular flexibility index (Phi) is 9.38. The molecular formula is C19H22ClN4O6PS. The highest BCUT2D eigenvalue weighted by Gasteiger charge is 2.20. The maximum absolute atomic E-state index is 12.7. The van der Waals surface area contributed by atoms with Gasteiger partial charge in [-0.25, -0.2) is 14.5 Å². The molecule has 0 aliphatic heterocycles. The van der Waals surface area contributed by atoms with Crippen LogP contribution in [0.3, 0.4) is 0 Å². The summed E-state index contributed by atoms with van der Waals surface area (Å²) in [6.07, 6.45) is 2.04. The van der Waals surface area contributed by atoms with Gasteiger partial charge in [-0.1, -0.05) is 11.6 Å². The smallest absolute Gasteiger partial charge is 0.383 e. The number of nitrogen functional groups attached to an aromatic ring is 1. The summed E-state index contributed by atoms with van der Waals surface area (Å²) in [4.78, 5) is 52.3. The molecule has 172 valence electrons. The van der Waals surface area contributed by atoms with Crippen LogP contribution < -0.4 is 5.73 Å². The van der Waals surface area contributed by atoms with Crippen molar-refractivity contribution < 1.29 is 28.5 Å². The van der Waals surface area contributed by atoms with Gasteiger partial charge in [-0.05, 0) is 49.9 Å². The Balaban J connectivity index is 2.31. The van der Waals surface area contributed by atoms with E-state index in [1.807, 2.05) is 0 Å². The summed E-state index contributed by atoms with van der Waals surface area (Å²) in [7, 11) is -4.69. The van der Waals surface area contributed by atoms with Crippen LogP contribution in [0.15, 0.2) is 41.1 Å². The number of thioether (sulfide) groups is 1. The van der Waals surface area contributed by atoms with Crippen molar-refractivity contribution in [2.24, 2.45) is 0 Å². The van der Waals surface area contributed by atoms with Crippen LogP contribution in [0.25, 0.3) is 0 Å². The molecule has 0 fully saturated rings. The van der Waals surface area contributed by atoms with Gasteiger partial charge in [0.25, 0.3) is 0 Å². The Morgan fingerprint density at radius 2 is 2.00 bits per heavy atom. The molecule has 0 bridgehead atoms. The molecule has 1 aromatic heterocycles. The average Bonchev–Trinajstić information content (AvgIpc) is 2.71. The number of aromatic nitrogens is 2. The number of anilines is 1. The zero-order valence-electron chi connectivity index (χ0n) is 17.3. The molecule has 10 nitrogen and oxygen atoms in total. The van der Waals surface area contributed by atoms with Gasteiger partial charge in [0.1, 0.15) is 11.6 Å². The van der Waals surface area contributed by atoms with Gasteiger partial charge in [0.2, 0.25) is 11.5 Å². The third kappa shape index (κ3) is 8.01. The highest BCUT2D eigenvalue weighted by atomic mass is 35.5. The van der Waals surface area contributed by atoms with Crippen molar-refractivity contribution in [2.45, 2.75) is 26.8 Å². The third-order valence-corrected chi connectivity index (χ3v) is 6.14. The maximum atomic E-state index is 12.7. The summed E-state index contributed by atoms with van der Waals surface area (Å²) >= 11 is 6.68. The molecule has 0 saturated heterocycles. The molecule has 1 amide bonds. The molecule has 4 N–H and O–H groups in total. The first-order valence-electron chi connectivity index (χ1n) is 9.17. The van der Waals surface area contributed by atoms with Gasteiger partial charge in [0, 0.05) is 39.4 Å². The number of benzene rings is 1. The zero-order valence-corrected chi connectivity index (χ0v) is 19.7. The van der Waals surface area contributed by atoms with Gasteiger partial charge < -0.3 is 20.4 Å². The van der Waals surface area contributed by atoms with E-state index in [1.54, 1.807) is 38.1 Å². The van der Waals surface area contributed by atoms with Crippen molar-refractivity contribution in [3.05, 3.63) is 63.0 Å². The molecule has 2 rings (SSSR count). The summed E-state index contributed by atoms with van der Waals surface area (Å²) in [5.74, 6) is 0.698. The number of halogens is 1. The van der Waals surface area contributed by atoms with Crippen molar-refractivity contribution in [3.63, 3.8) is 0 Å². The molecule has 32 heavy (non-hydrogen) atoms. The van der Waals surface area contributed by atoms with E-state index < -0.39 is 7.82 Å². The van der Waals surface area contributed by atoms with Crippen molar-refractivity contribution in [1.82, 2.24) is 14.9 Å². The summed E-state index contributed by atoms with van der Waals surface area (Å²) in [5.41, 5.74) is 7.17. The first-order valence-corrected chi connectivity index (χ1v) is 11.9. The van der Waals surface area contributed by atoms with E-state index in [0.29, 0.717) is 39.0 Å². The number of amides is 1. The number of allylic oxidation sites excluding steroid dienone is 1. The number of nitrogens with two attached hydrogens (primary N) is 1. The molecule has 0 spiro atoms. The fourth-order valence-corrected chi connectivity index (χ4v) is 3.92. The minimum Gasteiger partial charge on any atom is -0.383 e. The van der Waals surface area contributed by atoms with E-state index in [4.69, 9.17) is 27.1 Å². The number of hydrogen-bond donors (Lipinski definition) is 3. The number of carbonyl (C=O) groups excluding carboxylic acids is 2. The lowest BCUT2D eigenvalue weighted by atomic mass is 10.2. The van der Waals surface area contributed by atoms with Crippen LogP contribution >= 0.6 is 31.2 Å². The van der Waals surface area contributed by atoms with Crippen LogP contribution in [-0.4, -0.2) is 42.8 Å². The Morgan fingerprint density at radius 1 is 1.34 bits per heavy atom. The largest absolute Gasteiger partial charge is 0.469 e. The monoisotopic (exact) mass is 500 g/mol. The quantitative estimate of drug-likeness (QED) is 0.326. The van der Waals surface area contributed by atoms with E-state index in [1.165, 1.54) is 11.1 Å². The van der Waals surface area contributed by atoms with Gasteiger partial charge in [0.15, 0.2) is 0 Å². The molecule has 0 radical (unpaired) electrons. The van der Waals surface area contributed by atoms with E-state index in [-0.39, 0.29) is 30.5 Å². The van der Waals surface area contributed by atoms with Gasteiger partial charge >= 0.3 is 7.82 Å². The van der Waals surface area contributed by atoms with Crippen molar-refractivity contribution in [3.8, 4) is 0 Å². The van der Waals surface area contributed by atoms with Crippen LogP contribution in [0.1, 0.15) is 35.1 Å². The number of hydrogen-bond acceptors (Lipinski definition) is 8. The third-order valence-electron chi connectivity index (χ3n) is 4.21. The molecule has 1 aromatic carbocycles. The van der Waals surface area contributed by atoms with E-state index >= 15 is 0 Å². The summed E-state index contributed by atoms with van der Waals surface area (Å²) in [5, 5.41) is 0.134. The molecular weight excluding hydrogens is 479 g/mol. The number of phosphoric acid groups is 1. The standard InChI is InChI=1S/C19H22ClN4O6PS/c1-12(24(11-25)10-15-9-22-13(2)23-18(15)21)17(7-8-30-31(27,28)29)32-19(26)14-3-5-16(20)6-4-14/h3-6,9,11H,7-8,10H2,1-2H3,(H2,21,22,23)(H2,27,28,29)/b17-12-. The van der Waals surface area contributed by atoms with Gasteiger partial charge in [0.05, 0.1) is 13.2 Å². The Labute approximate surface area is 194 Å². The summed E-state index contributed by atoms with van der Waals surface area (Å²) < 4.78 is 15.6. The van der Waals surface area contributed by atoms with Crippen LogP contribution in [0.2, 0.25) is 5.02 Å². The lowest BCUT2D eigenvalue weighted by Gasteiger charge is -2.22. The Hall–Kier alpha value is -2.27. The number of rotatable bonds is 10. The highest BCUT2D eigenvalue weighted by molar-refractivity contribution is 8.17. The van der Waals surface area contributed by atoms with Crippen LogP contribution in [0.4, 0.5) is 5.82 Å². The second-order valence-corrected chi connectivity index (χ2v) is 9.28. The SMILES string of the molecule is C/C(=C(\CCOP(=O)(O)O)SC(=O)c1ccc(Cl)cc1)N(C=O)Cc1cnc(C)nc1N. The van der Waals surface area contributed by atoms with Crippen molar-refractivity contribution in [2.75, 3.05) is 12.3 Å². The molecule has 0 aliphatic rings. The molecule has 1 heterocycles. The molecule has 0 atom stereocenters. The fraction of sp³-hybridized carbons (Fsp3) is 0.263. The maximum Gasteiger partial charge on any atom is 0.469 e. The first kappa shape index (κ1) is 26.0. The van der Waals surface area contributed by atoms with Gasteiger partial charge in [-0.2, -0.15) is 0 Å². The first-order chi connectivity index (χ1) is 15.0. The summed E-state index contributed by atoms with van der Waals surface area (Å²) in [6.45, 7) is 2.97.